The van der Waals surface area contributed by atoms with Gasteiger partial charge in [0.25, 0.3) is 0 Å². The van der Waals surface area contributed by atoms with E-state index in [9.17, 15) is 29.4 Å². The molecule has 0 aliphatic rings. The molecule has 0 fully saturated rings. The topological polar surface area (TPSA) is 329 Å². The SMILES string of the molecule is CSCC(N)[C@@](CO)(C(=O)O)N(CO)CO.CSCC(N)[C@](CO)(C(=O)O)N(CO)CO.O=C(O)CC(=O)O. The van der Waals surface area contributed by atoms with Crippen molar-refractivity contribution in [2.24, 2.45) is 11.5 Å². The fourth-order valence-corrected chi connectivity index (χ4v) is 4.25. The van der Waals surface area contributed by atoms with Crippen molar-refractivity contribution in [2.45, 2.75) is 29.6 Å². The van der Waals surface area contributed by atoms with Crippen molar-refractivity contribution < 1.29 is 70.2 Å². The highest BCUT2D eigenvalue weighted by Crippen LogP contribution is 2.22. The van der Waals surface area contributed by atoms with Gasteiger partial charge in [-0.1, -0.05) is 0 Å². The maximum absolute atomic E-state index is 11.2. The predicted molar refractivity (Wildman–Crippen MR) is 140 cm³/mol. The Morgan fingerprint density at radius 3 is 1.00 bits per heavy atom. The molecular formula is C19H40N4O14S2. The van der Waals surface area contributed by atoms with Crippen molar-refractivity contribution in [1.29, 1.82) is 0 Å². The van der Waals surface area contributed by atoms with Gasteiger partial charge in [-0.2, -0.15) is 23.5 Å². The van der Waals surface area contributed by atoms with Gasteiger partial charge in [0.15, 0.2) is 11.1 Å². The summed E-state index contributed by atoms with van der Waals surface area (Å²) in [5.41, 5.74) is 7.67. The Kier molecular flexibility index (Phi) is 23.4. The molecule has 0 aromatic heterocycles. The van der Waals surface area contributed by atoms with Crippen LogP contribution in [0, 0.1) is 0 Å². The van der Waals surface area contributed by atoms with Crippen molar-refractivity contribution in [3.8, 4) is 0 Å². The summed E-state index contributed by atoms with van der Waals surface area (Å²) in [5.74, 6) is -4.81. The molecule has 18 nitrogen and oxygen atoms in total. The molecule has 20 heteroatoms. The lowest BCUT2D eigenvalue weighted by Crippen LogP contribution is -2.68. The van der Waals surface area contributed by atoms with Crippen molar-refractivity contribution in [2.75, 3.05) is 64.2 Å². The number of carboxylic acids is 4. The second-order valence-corrected chi connectivity index (χ2v) is 9.33. The van der Waals surface area contributed by atoms with Gasteiger partial charge in [-0.05, 0) is 12.5 Å². The first-order valence-corrected chi connectivity index (χ1v) is 13.5. The minimum absolute atomic E-state index is 0.281. The van der Waals surface area contributed by atoms with Crippen LogP contribution in [0.25, 0.3) is 0 Å². The molecule has 39 heavy (non-hydrogen) atoms. The van der Waals surface area contributed by atoms with Gasteiger partial charge in [0.05, 0.1) is 40.1 Å². The molecule has 0 aromatic carbocycles. The van der Waals surface area contributed by atoms with Gasteiger partial charge >= 0.3 is 23.9 Å². The van der Waals surface area contributed by atoms with Crippen molar-refractivity contribution in [3.05, 3.63) is 0 Å². The highest BCUT2D eigenvalue weighted by atomic mass is 32.2. The fourth-order valence-electron chi connectivity index (χ4n) is 2.98. The van der Waals surface area contributed by atoms with Gasteiger partial charge < -0.3 is 62.5 Å². The summed E-state index contributed by atoms with van der Waals surface area (Å²) in [6, 6.07) is -1.83. The summed E-state index contributed by atoms with van der Waals surface area (Å²) in [5, 5.41) is 88.1. The van der Waals surface area contributed by atoms with Gasteiger partial charge in [-0.25, -0.2) is 9.80 Å². The summed E-state index contributed by atoms with van der Waals surface area (Å²) >= 11 is 2.64. The van der Waals surface area contributed by atoms with Gasteiger partial charge in [-0.3, -0.25) is 19.2 Å². The Morgan fingerprint density at radius 2 is 0.897 bits per heavy atom. The van der Waals surface area contributed by atoms with Crippen LogP contribution in [0.15, 0.2) is 0 Å². The number of carboxylic acid groups (broad SMARTS) is 4. The van der Waals surface area contributed by atoms with Crippen molar-refractivity contribution in [1.82, 2.24) is 9.80 Å². The summed E-state index contributed by atoms with van der Waals surface area (Å²) < 4.78 is 0. The highest BCUT2D eigenvalue weighted by Gasteiger charge is 2.49. The minimum atomic E-state index is -1.87. The van der Waals surface area contributed by atoms with Crippen LogP contribution in [0.2, 0.25) is 0 Å². The summed E-state index contributed by atoms with van der Waals surface area (Å²) in [6.07, 6.45) is 2.68. The van der Waals surface area contributed by atoms with Gasteiger partial charge in [0.1, 0.15) is 6.42 Å². The third-order valence-corrected chi connectivity index (χ3v) is 6.64. The number of hydrogen-bond acceptors (Lipinski definition) is 16. The Hall–Kier alpha value is -1.82. The zero-order chi connectivity index (χ0) is 31.4. The molecule has 0 bridgehead atoms. The van der Waals surface area contributed by atoms with E-state index < -0.39 is 93.6 Å². The third kappa shape index (κ3) is 12.5. The van der Waals surface area contributed by atoms with Gasteiger partial charge in [0.2, 0.25) is 0 Å². The third-order valence-electron chi connectivity index (χ3n) is 5.26. The maximum Gasteiger partial charge on any atom is 0.328 e. The van der Waals surface area contributed by atoms with Crippen molar-refractivity contribution in [3.63, 3.8) is 0 Å². The Balaban J connectivity index is -0.000000537. The Morgan fingerprint density at radius 1 is 0.641 bits per heavy atom. The number of nitrogens with two attached hydrogens (primary N) is 2. The molecular weight excluding hydrogens is 572 g/mol. The Labute approximate surface area is 232 Å². The highest BCUT2D eigenvalue weighted by molar-refractivity contribution is 7.98. The molecule has 14 N–H and O–H groups in total. The number of thioether (sulfide) groups is 2. The molecule has 0 radical (unpaired) electrons. The van der Waals surface area contributed by atoms with E-state index in [0.717, 1.165) is 9.80 Å². The van der Waals surface area contributed by atoms with Crippen LogP contribution in [0.5, 0.6) is 0 Å². The predicted octanol–water partition coefficient (Wildman–Crippen LogP) is -5.07. The van der Waals surface area contributed by atoms with Crippen LogP contribution < -0.4 is 11.5 Å². The molecule has 0 aliphatic heterocycles. The van der Waals surface area contributed by atoms with E-state index >= 15 is 0 Å². The van der Waals surface area contributed by atoms with Crippen LogP contribution in [0.4, 0.5) is 0 Å². The second kappa shape index (κ2) is 21.9. The zero-order valence-electron chi connectivity index (χ0n) is 21.5. The van der Waals surface area contributed by atoms with Crippen LogP contribution in [-0.2, 0) is 19.2 Å². The number of nitrogens with zero attached hydrogens (tertiary/aromatic N) is 2. The lowest BCUT2D eigenvalue weighted by atomic mass is 9.91. The summed E-state index contributed by atoms with van der Waals surface area (Å²) in [6.45, 7) is -4.38. The lowest BCUT2D eigenvalue weighted by molar-refractivity contribution is -0.167. The second-order valence-electron chi connectivity index (χ2n) is 7.51. The van der Waals surface area contributed by atoms with E-state index in [4.69, 9.17) is 52.3 Å². The normalized spacial score (nSPS) is 15.5. The van der Waals surface area contributed by atoms with E-state index in [2.05, 4.69) is 0 Å². The first-order chi connectivity index (χ1) is 18.1. The monoisotopic (exact) mass is 612 g/mol. The molecule has 0 spiro atoms. The number of aliphatic hydroxyl groups excluding tert-OH is 6. The van der Waals surface area contributed by atoms with Crippen LogP contribution in [-0.4, -0.2) is 172 Å². The standard InChI is InChI=1S/2C8H18N2O5S.C3H4O4/c2*1-16-2-6(9)8(3-11,7(14)15)10(4-12)5-13;4-2(5)1-3(6)7/h2*6,11-13H,2-5,9H2,1H3,(H,14,15);1H2,(H,4,5)(H,6,7)/t2*6?,8-;/m10./s1. The number of rotatable bonds is 18. The van der Waals surface area contributed by atoms with E-state index in [1.54, 1.807) is 12.5 Å². The quantitative estimate of drug-likeness (QED) is 0.0508. The number of hydrogen-bond donors (Lipinski definition) is 12. The summed E-state index contributed by atoms with van der Waals surface area (Å²) in [4.78, 5) is 42.9. The Bertz CT molecular complexity index is 674. The van der Waals surface area contributed by atoms with E-state index in [0.29, 0.717) is 0 Å². The number of carbonyl (C=O) groups is 4. The molecule has 0 saturated carbocycles. The van der Waals surface area contributed by atoms with E-state index in [-0.39, 0.29) is 11.5 Å². The lowest BCUT2D eigenvalue weighted by Gasteiger charge is -2.40. The van der Waals surface area contributed by atoms with Gasteiger partial charge in [-0.15, -0.1) is 0 Å². The largest absolute Gasteiger partial charge is 0.481 e. The fraction of sp³-hybridized carbons (Fsp3) is 0.789. The molecule has 2 unspecified atom stereocenters. The maximum atomic E-state index is 11.2. The van der Waals surface area contributed by atoms with Gasteiger partial charge in [0, 0.05) is 23.6 Å². The summed E-state index contributed by atoms with van der Waals surface area (Å²) in [7, 11) is 0. The average molecular weight is 613 g/mol. The van der Waals surface area contributed by atoms with Crippen LogP contribution in [0.1, 0.15) is 6.42 Å². The first kappa shape index (κ1) is 41.7. The van der Waals surface area contributed by atoms with Crippen molar-refractivity contribution >= 4 is 47.4 Å². The molecule has 0 aliphatic carbocycles. The van der Waals surface area contributed by atoms with E-state index in [1.165, 1.54) is 23.5 Å². The number of aliphatic hydroxyl groups is 6. The average Bonchev–Trinajstić information content (AvgIpc) is 2.85. The molecule has 0 heterocycles. The van der Waals surface area contributed by atoms with E-state index in [1.807, 2.05) is 0 Å². The molecule has 232 valence electrons. The molecule has 0 saturated heterocycles. The molecule has 4 atom stereocenters. The minimum Gasteiger partial charge on any atom is -0.481 e. The smallest absolute Gasteiger partial charge is 0.328 e. The molecule has 0 rings (SSSR count). The first-order valence-electron chi connectivity index (χ1n) is 10.7. The van der Waals surface area contributed by atoms with Crippen LogP contribution >= 0.6 is 23.5 Å². The molecule has 0 aromatic rings. The van der Waals surface area contributed by atoms with Crippen LogP contribution in [0.3, 0.4) is 0 Å². The number of aliphatic carboxylic acids is 4. The zero-order valence-corrected chi connectivity index (χ0v) is 23.1. The molecule has 0 amide bonds.